The smallest absolute Gasteiger partial charge is 0.224 e. The summed E-state index contributed by atoms with van der Waals surface area (Å²) in [7, 11) is 0. The van der Waals surface area contributed by atoms with E-state index in [1.165, 1.54) is 0 Å². The molecule has 0 amide bonds. The van der Waals surface area contributed by atoms with E-state index in [2.05, 4.69) is 0 Å². The van der Waals surface area contributed by atoms with Gasteiger partial charge in [-0.05, 0) is 0 Å². The molecular formula is C18H32O16. The Morgan fingerprint density at radius 3 is 1.91 bits per heavy atom. The summed E-state index contributed by atoms with van der Waals surface area (Å²) in [6.07, 6.45) is -19.0. The first kappa shape index (κ1) is 27.9. The number of rotatable bonds is 8. The Kier molecular flexibility index (Phi) is 8.85. The topological polar surface area (TPSA) is 269 Å². The Balaban J connectivity index is 1.72. The Labute approximate surface area is 192 Å². The number of aliphatic hydroxyl groups is 11. The molecule has 3 aliphatic heterocycles. The summed E-state index contributed by atoms with van der Waals surface area (Å²) in [6.45, 7) is -4.05. The molecule has 0 aliphatic carbocycles. The Morgan fingerprint density at radius 2 is 1.32 bits per heavy atom. The molecule has 13 atom stereocenters. The molecule has 16 nitrogen and oxygen atoms in total. The van der Waals surface area contributed by atoms with E-state index in [4.69, 9.17) is 23.7 Å². The van der Waals surface area contributed by atoms with Crippen molar-refractivity contribution in [3.05, 3.63) is 0 Å². The van der Waals surface area contributed by atoms with E-state index >= 15 is 0 Å². The van der Waals surface area contributed by atoms with E-state index in [-0.39, 0.29) is 0 Å². The molecule has 3 saturated heterocycles. The van der Waals surface area contributed by atoms with Gasteiger partial charge in [-0.2, -0.15) is 0 Å². The van der Waals surface area contributed by atoms with Crippen LogP contribution < -0.4 is 0 Å². The molecule has 0 radical (unpaired) electrons. The van der Waals surface area contributed by atoms with Gasteiger partial charge in [0.1, 0.15) is 74.3 Å². The highest BCUT2D eigenvalue weighted by molar-refractivity contribution is 5.00. The molecule has 200 valence electrons. The molecule has 0 saturated carbocycles. The molecule has 11 N–H and O–H groups in total. The largest absolute Gasteiger partial charge is 0.394 e. The van der Waals surface area contributed by atoms with Gasteiger partial charge in [-0.3, -0.25) is 0 Å². The van der Waals surface area contributed by atoms with Gasteiger partial charge in [0, 0.05) is 0 Å². The maximum Gasteiger partial charge on any atom is 0.224 e. The quantitative estimate of drug-likeness (QED) is 0.146. The van der Waals surface area contributed by atoms with Crippen molar-refractivity contribution < 1.29 is 79.9 Å². The van der Waals surface area contributed by atoms with Crippen LogP contribution in [0.2, 0.25) is 0 Å². The van der Waals surface area contributed by atoms with Gasteiger partial charge in [-0.25, -0.2) is 0 Å². The fraction of sp³-hybridized carbons (Fsp3) is 1.00. The molecule has 0 spiro atoms. The maximum atomic E-state index is 10.5. The van der Waals surface area contributed by atoms with Crippen LogP contribution in [0.5, 0.6) is 0 Å². The Bertz CT molecular complexity index is 668. The first-order chi connectivity index (χ1) is 16.0. The van der Waals surface area contributed by atoms with Gasteiger partial charge in [0.25, 0.3) is 0 Å². The summed E-state index contributed by atoms with van der Waals surface area (Å²) in [5, 5.41) is 109. The van der Waals surface area contributed by atoms with Crippen LogP contribution in [0.15, 0.2) is 0 Å². The summed E-state index contributed by atoms with van der Waals surface area (Å²) in [5.74, 6) is -4.65. The lowest BCUT2D eigenvalue weighted by atomic mass is 9.97. The molecule has 34 heavy (non-hydrogen) atoms. The van der Waals surface area contributed by atoms with Crippen molar-refractivity contribution in [2.24, 2.45) is 0 Å². The van der Waals surface area contributed by atoms with Crippen molar-refractivity contribution in [2.45, 2.75) is 78.9 Å². The summed E-state index contributed by atoms with van der Waals surface area (Å²) in [4.78, 5) is 0. The number of hydrogen-bond acceptors (Lipinski definition) is 16. The summed E-state index contributed by atoms with van der Waals surface area (Å²) >= 11 is 0. The highest BCUT2D eigenvalue weighted by Gasteiger charge is 2.59. The molecule has 3 rings (SSSR count). The molecule has 0 aromatic rings. The van der Waals surface area contributed by atoms with Gasteiger partial charge in [-0.1, -0.05) is 0 Å². The second-order valence-electron chi connectivity index (χ2n) is 8.47. The molecule has 0 bridgehead atoms. The average Bonchev–Trinajstić information content (AvgIpc) is 3.08. The molecule has 16 heteroatoms. The number of ether oxygens (including phenoxy) is 5. The zero-order valence-electron chi connectivity index (χ0n) is 17.8. The minimum Gasteiger partial charge on any atom is -0.394 e. The lowest BCUT2D eigenvalue weighted by Crippen LogP contribution is -2.64. The van der Waals surface area contributed by atoms with Crippen molar-refractivity contribution in [3.8, 4) is 0 Å². The Morgan fingerprint density at radius 1 is 0.706 bits per heavy atom. The second-order valence-corrected chi connectivity index (χ2v) is 8.47. The van der Waals surface area contributed by atoms with E-state index in [9.17, 15) is 56.2 Å². The van der Waals surface area contributed by atoms with Crippen LogP contribution >= 0.6 is 0 Å². The van der Waals surface area contributed by atoms with Crippen LogP contribution in [0.25, 0.3) is 0 Å². The van der Waals surface area contributed by atoms with E-state index in [0.29, 0.717) is 0 Å². The van der Waals surface area contributed by atoms with Crippen molar-refractivity contribution in [2.75, 3.05) is 33.0 Å². The predicted octanol–water partition coefficient (Wildman–Crippen LogP) is -7.57. The normalized spacial score (nSPS) is 52.1. The van der Waals surface area contributed by atoms with Crippen molar-refractivity contribution in [1.82, 2.24) is 0 Å². The predicted molar refractivity (Wildman–Crippen MR) is 101 cm³/mol. The average molecular weight is 504 g/mol. The third-order valence-electron chi connectivity index (χ3n) is 6.27. The monoisotopic (exact) mass is 504 g/mol. The molecule has 3 aliphatic rings. The highest BCUT2D eigenvalue weighted by Crippen LogP contribution is 2.37. The van der Waals surface area contributed by atoms with Crippen LogP contribution in [0.4, 0.5) is 0 Å². The van der Waals surface area contributed by atoms with Gasteiger partial charge in [0.15, 0.2) is 6.29 Å². The lowest BCUT2D eigenvalue weighted by Gasteiger charge is -2.44. The van der Waals surface area contributed by atoms with E-state index in [1.807, 2.05) is 0 Å². The van der Waals surface area contributed by atoms with E-state index < -0.39 is 112 Å². The molecule has 0 aromatic carbocycles. The van der Waals surface area contributed by atoms with E-state index in [0.717, 1.165) is 0 Å². The Hall–Kier alpha value is -0.640. The molecule has 3 heterocycles. The van der Waals surface area contributed by atoms with Gasteiger partial charge < -0.3 is 79.9 Å². The van der Waals surface area contributed by atoms with Crippen LogP contribution in [0, 0.1) is 0 Å². The van der Waals surface area contributed by atoms with Gasteiger partial charge in [-0.15, -0.1) is 0 Å². The molecule has 0 aromatic heterocycles. The van der Waals surface area contributed by atoms with Gasteiger partial charge >= 0.3 is 0 Å². The maximum absolute atomic E-state index is 10.5. The second kappa shape index (κ2) is 10.8. The zero-order chi connectivity index (χ0) is 25.4. The summed E-state index contributed by atoms with van der Waals surface area (Å²) in [6, 6.07) is 0. The van der Waals surface area contributed by atoms with Crippen LogP contribution in [0.1, 0.15) is 0 Å². The highest BCUT2D eigenvalue weighted by atomic mass is 16.8. The van der Waals surface area contributed by atoms with Crippen LogP contribution in [-0.4, -0.2) is 168 Å². The van der Waals surface area contributed by atoms with Crippen molar-refractivity contribution in [3.63, 3.8) is 0 Å². The number of aliphatic hydroxyl groups excluding tert-OH is 11. The van der Waals surface area contributed by atoms with Crippen LogP contribution in [0.3, 0.4) is 0 Å². The molecule has 1 unspecified atom stereocenters. The van der Waals surface area contributed by atoms with Crippen molar-refractivity contribution >= 4 is 0 Å². The standard InChI is InChI=1S/C18H32O16/c19-1-7-10(24)12(26)13(27)16(32-7)34-18(5-21)15(29)11(25)8(33-18)3-31-17(4-20)14(28)9(23)6(22)2-30-17/h6-16,19-29H,1-5H2/t6-,7-,8-,9-,10-,11-,12+,13-,14+,15+,16-,17+,18?/m1/s1. The fourth-order valence-corrected chi connectivity index (χ4v) is 4.03. The minimum absolute atomic E-state index is 0.504. The minimum atomic E-state index is -2.44. The lowest BCUT2D eigenvalue weighted by molar-refractivity contribution is -0.388. The van der Waals surface area contributed by atoms with Crippen molar-refractivity contribution in [1.29, 1.82) is 0 Å². The molecular weight excluding hydrogens is 472 g/mol. The van der Waals surface area contributed by atoms with E-state index in [1.54, 1.807) is 0 Å². The third-order valence-corrected chi connectivity index (χ3v) is 6.27. The molecule has 3 fully saturated rings. The fourth-order valence-electron chi connectivity index (χ4n) is 4.03. The van der Waals surface area contributed by atoms with Crippen LogP contribution in [-0.2, 0) is 23.7 Å². The first-order valence-corrected chi connectivity index (χ1v) is 10.5. The SMILES string of the molecule is OC[C@H]1O[C@H](OC2(CO)O[C@H](CO[C@]3(CO)OC[C@@H](O)[C@@H](O)[C@@H]3O)[C@@H](O)[C@@H]2O)[C@H](O)[C@@H](O)[C@@H]1O. The van der Waals surface area contributed by atoms with Gasteiger partial charge in [0.2, 0.25) is 11.6 Å². The van der Waals surface area contributed by atoms with Gasteiger partial charge in [0.05, 0.1) is 19.8 Å². The first-order valence-electron chi connectivity index (χ1n) is 10.5. The third kappa shape index (κ3) is 4.83. The summed E-state index contributed by atoms with van der Waals surface area (Å²) in [5.41, 5.74) is 0. The number of hydrogen-bond donors (Lipinski definition) is 11. The zero-order valence-corrected chi connectivity index (χ0v) is 17.8. The summed E-state index contributed by atoms with van der Waals surface area (Å²) < 4.78 is 26.5.